The number of aromatic carboxylic acids is 1. The van der Waals surface area contributed by atoms with Crippen LogP contribution in [-0.2, 0) is 4.79 Å². The third-order valence-electron chi connectivity index (χ3n) is 3.50. The van der Waals surface area contributed by atoms with Gasteiger partial charge in [-0.3, -0.25) is 14.9 Å². The summed E-state index contributed by atoms with van der Waals surface area (Å²) in [5.74, 6) is -1.84. The number of non-ortho nitro benzene ring substituents is 1. The molecule has 0 aromatic heterocycles. The van der Waals surface area contributed by atoms with Crippen molar-refractivity contribution in [2.24, 2.45) is 0 Å². The molecule has 0 aliphatic carbocycles. The molecule has 0 spiro atoms. The van der Waals surface area contributed by atoms with E-state index in [4.69, 9.17) is 9.84 Å². The number of methoxy groups -OCH3 is 1. The Kier molecular flexibility index (Phi) is 6.27. The number of carboxylic acids is 1. The molecular formula is C18H14N4O6. The molecular weight excluding hydrogens is 368 g/mol. The Morgan fingerprint density at radius 1 is 1.29 bits per heavy atom. The standard InChI is InChI=1S/C18H14N4O6/c1-28-16-8-14(22(26)27)5-6-15(16)21-17(23)12(9-19)10-20-13-4-2-3-11(7-13)18(24)25/h2-8,10,20H,1H3,(H,21,23)(H,24,25)/b12-10-. The molecule has 0 aliphatic rings. The molecule has 0 unspecified atom stereocenters. The molecule has 2 aromatic carbocycles. The Morgan fingerprint density at radius 2 is 2.04 bits per heavy atom. The second-order valence-electron chi connectivity index (χ2n) is 5.30. The summed E-state index contributed by atoms with van der Waals surface area (Å²) < 4.78 is 5.02. The fraction of sp³-hybridized carbons (Fsp3) is 0.0556. The zero-order valence-electron chi connectivity index (χ0n) is 14.5. The third-order valence-corrected chi connectivity index (χ3v) is 3.50. The van der Waals surface area contributed by atoms with Crippen molar-refractivity contribution < 1.29 is 24.4 Å². The van der Waals surface area contributed by atoms with E-state index in [0.717, 1.165) is 12.3 Å². The monoisotopic (exact) mass is 382 g/mol. The number of nitro benzene ring substituents is 1. The van der Waals surface area contributed by atoms with Gasteiger partial charge in [-0.25, -0.2) is 4.79 Å². The van der Waals surface area contributed by atoms with Crippen LogP contribution in [0.2, 0.25) is 0 Å². The van der Waals surface area contributed by atoms with Crippen molar-refractivity contribution in [2.75, 3.05) is 17.7 Å². The minimum Gasteiger partial charge on any atom is -0.494 e. The number of carbonyl (C=O) groups is 2. The van der Waals surface area contributed by atoms with Gasteiger partial charge in [0.05, 0.1) is 29.4 Å². The first-order chi connectivity index (χ1) is 13.3. The fourth-order valence-electron chi connectivity index (χ4n) is 2.13. The van der Waals surface area contributed by atoms with E-state index >= 15 is 0 Å². The van der Waals surface area contributed by atoms with E-state index in [1.807, 2.05) is 0 Å². The van der Waals surface area contributed by atoms with E-state index in [1.54, 1.807) is 12.1 Å². The highest BCUT2D eigenvalue weighted by atomic mass is 16.6. The van der Waals surface area contributed by atoms with E-state index < -0.39 is 16.8 Å². The summed E-state index contributed by atoms with van der Waals surface area (Å²) in [7, 11) is 1.28. The molecule has 0 heterocycles. The van der Waals surface area contributed by atoms with Crippen LogP contribution in [0.15, 0.2) is 54.2 Å². The quantitative estimate of drug-likeness (QED) is 0.286. The maximum absolute atomic E-state index is 12.3. The summed E-state index contributed by atoms with van der Waals surface area (Å²) in [5, 5.41) is 34.1. The molecule has 2 aromatic rings. The average Bonchev–Trinajstić information content (AvgIpc) is 2.68. The molecule has 1 amide bonds. The van der Waals surface area contributed by atoms with Crippen LogP contribution in [0, 0.1) is 21.4 Å². The molecule has 10 nitrogen and oxygen atoms in total. The minimum absolute atomic E-state index is 0.0389. The van der Waals surface area contributed by atoms with Crippen LogP contribution in [-0.4, -0.2) is 29.0 Å². The van der Waals surface area contributed by atoms with E-state index in [9.17, 15) is 25.0 Å². The highest BCUT2D eigenvalue weighted by Crippen LogP contribution is 2.29. The fourth-order valence-corrected chi connectivity index (χ4v) is 2.13. The van der Waals surface area contributed by atoms with Crippen molar-refractivity contribution in [3.05, 3.63) is 69.9 Å². The zero-order valence-corrected chi connectivity index (χ0v) is 14.5. The lowest BCUT2D eigenvalue weighted by Crippen LogP contribution is -2.15. The Balaban J connectivity index is 2.19. The average molecular weight is 382 g/mol. The van der Waals surface area contributed by atoms with Crippen LogP contribution < -0.4 is 15.4 Å². The number of nitriles is 1. The predicted octanol–water partition coefficient (Wildman–Crippen LogP) is 2.76. The van der Waals surface area contributed by atoms with Gasteiger partial charge in [-0.05, 0) is 24.3 Å². The van der Waals surface area contributed by atoms with Gasteiger partial charge in [-0.2, -0.15) is 5.26 Å². The molecule has 0 atom stereocenters. The summed E-state index contributed by atoms with van der Waals surface area (Å²) in [5.41, 5.74) is 0.0319. The Hall–Kier alpha value is -4.39. The topological polar surface area (TPSA) is 155 Å². The number of ether oxygens (including phenoxy) is 1. The molecule has 3 N–H and O–H groups in total. The first-order valence-electron chi connectivity index (χ1n) is 7.69. The zero-order chi connectivity index (χ0) is 20.7. The third kappa shape index (κ3) is 4.83. The lowest BCUT2D eigenvalue weighted by atomic mass is 10.2. The largest absolute Gasteiger partial charge is 0.494 e. The van der Waals surface area contributed by atoms with Gasteiger partial charge in [-0.15, -0.1) is 0 Å². The first-order valence-corrected chi connectivity index (χ1v) is 7.69. The molecule has 0 radical (unpaired) electrons. The van der Waals surface area contributed by atoms with Gasteiger partial charge < -0.3 is 20.5 Å². The normalized spacial score (nSPS) is 10.5. The summed E-state index contributed by atoms with van der Waals surface area (Å²) >= 11 is 0. The number of benzene rings is 2. The van der Waals surface area contributed by atoms with Crippen molar-refractivity contribution in [1.82, 2.24) is 0 Å². The summed E-state index contributed by atoms with van der Waals surface area (Å²) in [6.45, 7) is 0. The maximum Gasteiger partial charge on any atom is 0.335 e. The number of anilines is 2. The van der Waals surface area contributed by atoms with E-state index in [-0.39, 0.29) is 28.3 Å². The molecule has 142 valence electrons. The van der Waals surface area contributed by atoms with Crippen LogP contribution in [0.4, 0.5) is 17.1 Å². The molecule has 28 heavy (non-hydrogen) atoms. The summed E-state index contributed by atoms with van der Waals surface area (Å²) in [6.07, 6.45) is 1.12. The van der Waals surface area contributed by atoms with Crippen molar-refractivity contribution >= 4 is 28.9 Å². The molecule has 0 fully saturated rings. The first kappa shape index (κ1) is 19.9. The van der Waals surface area contributed by atoms with Crippen LogP contribution in [0.3, 0.4) is 0 Å². The predicted molar refractivity (Wildman–Crippen MR) is 99.0 cm³/mol. The van der Waals surface area contributed by atoms with Gasteiger partial charge in [0.2, 0.25) is 0 Å². The second kappa shape index (κ2) is 8.81. The number of rotatable bonds is 7. The van der Waals surface area contributed by atoms with E-state index in [1.165, 1.54) is 37.4 Å². The highest BCUT2D eigenvalue weighted by Gasteiger charge is 2.16. The van der Waals surface area contributed by atoms with Gasteiger partial charge >= 0.3 is 5.97 Å². The summed E-state index contributed by atoms with van der Waals surface area (Å²) in [6, 6.07) is 11.1. The number of carboxylic acid groups (broad SMARTS) is 1. The highest BCUT2D eigenvalue weighted by molar-refractivity contribution is 6.07. The van der Waals surface area contributed by atoms with Crippen molar-refractivity contribution in [3.63, 3.8) is 0 Å². The number of hydrogen-bond acceptors (Lipinski definition) is 7. The van der Waals surface area contributed by atoms with Gasteiger partial charge in [0.15, 0.2) is 0 Å². The smallest absolute Gasteiger partial charge is 0.335 e. The van der Waals surface area contributed by atoms with E-state index in [0.29, 0.717) is 5.69 Å². The number of hydrogen-bond donors (Lipinski definition) is 3. The SMILES string of the molecule is COc1cc([N+](=O)[O-])ccc1NC(=O)/C(C#N)=C\Nc1cccc(C(=O)O)c1. The number of amides is 1. The molecule has 0 aliphatic heterocycles. The molecule has 0 saturated carbocycles. The van der Waals surface area contributed by atoms with Gasteiger partial charge in [0, 0.05) is 18.0 Å². The van der Waals surface area contributed by atoms with Crippen LogP contribution in [0.25, 0.3) is 0 Å². The molecule has 0 saturated heterocycles. The summed E-state index contributed by atoms with van der Waals surface area (Å²) in [4.78, 5) is 33.5. The van der Waals surface area contributed by atoms with Crippen LogP contribution in [0.5, 0.6) is 5.75 Å². The Labute approximate surface area is 158 Å². The Morgan fingerprint density at radius 3 is 2.64 bits per heavy atom. The van der Waals surface area contributed by atoms with Crippen LogP contribution in [0.1, 0.15) is 10.4 Å². The van der Waals surface area contributed by atoms with Gasteiger partial charge in [0.1, 0.15) is 17.4 Å². The van der Waals surface area contributed by atoms with Crippen molar-refractivity contribution in [1.29, 1.82) is 5.26 Å². The van der Waals surface area contributed by atoms with Gasteiger partial charge in [-0.1, -0.05) is 6.07 Å². The molecule has 0 bridgehead atoms. The lowest BCUT2D eigenvalue weighted by molar-refractivity contribution is -0.384. The number of nitrogens with zero attached hydrogens (tertiary/aromatic N) is 2. The Bertz CT molecular complexity index is 1010. The molecule has 2 rings (SSSR count). The minimum atomic E-state index is -1.11. The number of nitrogens with one attached hydrogen (secondary N) is 2. The number of carbonyl (C=O) groups excluding carboxylic acids is 1. The maximum atomic E-state index is 12.3. The van der Waals surface area contributed by atoms with Gasteiger partial charge in [0.25, 0.3) is 11.6 Å². The number of nitro groups is 1. The second-order valence-corrected chi connectivity index (χ2v) is 5.30. The molecule has 10 heteroatoms. The van der Waals surface area contributed by atoms with Crippen molar-refractivity contribution in [3.8, 4) is 11.8 Å². The van der Waals surface area contributed by atoms with E-state index in [2.05, 4.69) is 10.6 Å². The lowest BCUT2D eigenvalue weighted by Gasteiger charge is -2.10. The van der Waals surface area contributed by atoms with Crippen molar-refractivity contribution in [2.45, 2.75) is 0 Å². The van der Waals surface area contributed by atoms with Crippen LogP contribution >= 0.6 is 0 Å².